The van der Waals surface area contributed by atoms with E-state index < -0.39 is 170 Å². The van der Waals surface area contributed by atoms with Crippen molar-refractivity contribution in [3.05, 3.63) is 283 Å². The summed E-state index contributed by atoms with van der Waals surface area (Å²) in [5, 5.41) is 0. The average Bonchev–Trinajstić information content (AvgIpc) is 3.57. The molecule has 0 fully saturated rings. The summed E-state index contributed by atoms with van der Waals surface area (Å²) in [6.45, 7) is 9.99. The van der Waals surface area contributed by atoms with Crippen molar-refractivity contribution >= 4 is 24.3 Å². The summed E-state index contributed by atoms with van der Waals surface area (Å²) in [5.41, 5.74) is -17.2. The van der Waals surface area contributed by atoms with Gasteiger partial charge in [-0.05, 0) is 44.5 Å². The molecular weight excluding hydrogens is 1100 g/mol. The third-order valence-corrected chi connectivity index (χ3v) is 12.8. The van der Waals surface area contributed by atoms with Crippen LogP contribution in [0.25, 0.3) is 24.3 Å². The van der Waals surface area contributed by atoms with Crippen molar-refractivity contribution in [3.63, 3.8) is 0 Å². The summed E-state index contributed by atoms with van der Waals surface area (Å²) in [6.07, 6.45) is 5.42. The van der Waals surface area contributed by atoms with Gasteiger partial charge in [0.2, 0.25) is 46.5 Å². The molecule has 0 aliphatic carbocycles. The molecule has 81 heavy (non-hydrogen) atoms. The Labute approximate surface area is 450 Å². The summed E-state index contributed by atoms with van der Waals surface area (Å²) < 4.78 is 295. The van der Waals surface area contributed by atoms with Crippen molar-refractivity contribution in [3.8, 4) is 23.0 Å². The van der Waals surface area contributed by atoms with E-state index in [1.54, 1.807) is 0 Å². The van der Waals surface area contributed by atoms with Gasteiger partial charge in [0.05, 0.1) is 27.7 Å². The van der Waals surface area contributed by atoms with Crippen LogP contribution >= 0.6 is 0 Å². The van der Waals surface area contributed by atoms with E-state index in [0.29, 0.717) is 22.3 Å². The van der Waals surface area contributed by atoms with Crippen molar-refractivity contribution in [1.29, 1.82) is 0 Å². The molecule has 0 unspecified atom stereocenters. The van der Waals surface area contributed by atoms with Gasteiger partial charge < -0.3 is 18.9 Å². The summed E-state index contributed by atoms with van der Waals surface area (Å²) in [7, 11) is 0. The standard InChI is InChI=1S/C61H36F16O4/c1-5-29-9-17-33(18-10-29)25-78-57-49(70)41(62)37(42(63)50(57)71)61(38-43(64)51(72)58(52(73)44(38)65)79-26-34-19-11-30(6-2)12-20-34,39-45(66)53(74)59(54(75)46(39)67)80-27-35-21-13-31(7-3)14-22-35)40-47(68)55(76)60(56(77)48(40)69)81-28-36-23-15-32(8-4)16-24-36/h5-24H,1-4,25-28H2. The monoisotopic (exact) mass is 1140 g/mol. The van der Waals surface area contributed by atoms with Crippen LogP contribution in [0.15, 0.2) is 123 Å². The number of halogens is 16. The smallest absolute Gasteiger partial charge is 0.204 e. The fourth-order valence-corrected chi connectivity index (χ4v) is 8.64. The van der Waals surface area contributed by atoms with Crippen LogP contribution in [0.4, 0.5) is 70.2 Å². The lowest BCUT2D eigenvalue weighted by molar-refractivity contribution is 0.247. The summed E-state index contributed by atoms with van der Waals surface area (Å²) in [5.74, 6) is -59.1. The van der Waals surface area contributed by atoms with Crippen LogP contribution in [0.5, 0.6) is 23.0 Å². The molecule has 0 heterocycles. The van der Waals surface area contributed by atoms with E-state index in [9.17, 15) is 0 Å². The molecule has 416 valence electrons. The molecule has 0 aliphatic rings. The SMILES string of the molecule is C=Cc1ccc(COc2c(F)c(F)c(C(c3c(F)c(F)c(OCc4ccc(C=C)cc4)c(F)c3F)(c3c(F)c(F)c(OCc4ccc(C=C)cc4)c(F)c3F)c3c(F)c(F)c(OCc4ccc(C=C)cc4)c(F)c3F)c(F)c2F)cc1. The van der Waals surface area contributed by atoms with Crippen LogP contribution in [-0.2, 0) is 31.8 Å². The van der Waals surface area contributed by atoms with Crippen molar-refractivity contribution in [2.45, 2.75) is 31.8 Å². The molecule has 8 rings (SSSR count). The zero-order valence-corrected chi connectivity index (χ0v) is 41.4. The highest BCUT2D eigenvalue weighted by atomic mass is 19.2. The van der Waals surface area contributed by atoms with Crippen LogP contribution in [0, 0.1) is 93.1 Å². The maximum absolute atomic E-state index is 17.5. The summed E-state index contributed by atoms with van der Waals surface area (Å²) in [6, 6.07) is 20.8. The molecule has 20 heteroatoms. The van der Waals surface area contributed by atoms with Crippen LogP contribution in [-0.4, -0.2) is 0 Å². The average molecular weight is 1140 g/mol. The van der Waals surface area contributed by atoms with Crippen molar-refractivity contribution in [2.24, 2.45) is 0 Å². The first-order valence-electron chi connectivity index (χ1n) is 23.5. The van der Waals surface area contributed by atoms with Crippen molar-refractivity contribution in [1.82, 2.24) is 0 Å². The second kappa shape index (κ2) is 23.6. The lowest BCUT2D eigenvalue weighted by atomic mass is 9.63. The minimum atomic E-state index is -5.85. The Morgan fingerprint density at radius 1 is 0.247 bits per heavy atom. The minimum Gasteiger partial charge on any atom is -0.483 e. The van der Waals surface area contributed by atoms with Crippen LogP contribution in [0.1, 0.15) is 66.8 Å². The van der Waals surface area contributed by atoms with E-state index in [2.05, 4.69) is 26.3 Å². The normalized spacial score (nSPS) is 11.4. The lowest BCUT2D eigenvalue weighted by Crippen LogP contribution is -2.41. The number of hydrogen-bond donors (Lipinski definition) is 0. The fraction of sp³-hybridized carbons (Fsp3) is 0.0820. The molecule has 8 aromatic rings. The molecule has 0 saturated heterocycles. The molecule has 4 nitrogen and oxygen atoms in total. The molecule has 0 saturated carbocycles. The Morgan fingerprint density at radius 3 is 0.531 bits per heavy atom. The van der Waals surface area contributed by atoms with E-state index in [4.69, 9.17) is 18.9 Å². The Kier molecular flexibility index (Phi) is 16.9. The quantitative estimate of drug-likeness (QED) is 0.0433. The van der Waals surface area contributed by atoms with Gasteiger partial charge in [-0.3, -0.25) is 0 Å². The Hall–Kier alpha value is -9.20. The van der Waals surface area contributed by atoms with Gasteiger partial charge in [-0.2, -0.15) is 35.1 Å². The van der Waals surface area contributed by atoms with E-state index in [0.717, 1.165) is 0 Å². The second-order valence-corrected chi connectivity index (χ2v) is 17.5. The fourth-order valence-electron chi connectivity index (χ4n) is 8.64. The highest BCUT2D eigenvalue weighted by Crippen LogP contribution is 2.57. The zero-order valence-electron chi connectivity index (χ0n) is 41.4. The van der Waals surface area contributed by atoms with Gasteiger partial charge in [-0.1, -0.05) is 148 Å². The van der Waals surface area contributed by atoms with Crippen molar-refractivity contribution < 1.29 is 89.2 Å². The van der Waals surface area contributed by atoms with Crippen LogP contribution in [0.2, 0.25) is 0 Å². The molecule has 0 aromatic heterocycles. The van der Waals surface area contributed by atoms with Crippen LogP contribution in [0.3, 0.4) is 0 Å². The predicted molar refractivity (Wildman–Crippen MR) is 268 cm³/mol. The van der Waals surface area contributed by atoms with E-state index in [1.807, 2.05) is 0 Å². The molecule has 0 atom stereocenters. The molecule has 0 spiro atoms. The first kappa shape index (κ1) is 58.0. The summed E-state index contributed by atoms with van der Waals surface area (Å²) >= 11 is 0. The molecular formula is C61H36F16O4. The van der Waals surface area contributed by atoms with E-state index >= 15 is 70.2 Å². The lowest BCUT2D eigenvalue weighted by Gasteiger charge is -2.38. The first-order valence-corrected chi connectivity index (χ1v) is 23.5. The Bertz CT molecular complexity index is 3170. The van der Waals surface area contributed by atoms with Gasteiger partial charge >= 0.3 is 0 Å². The number of hydrogen-bond acceptors (Lipinski definition) is 4. The highest BCUT2D eigenvalue weighted by molar-refractivity contribution is 5.66. The van der Waals surface area contributed by atoms with E-state index in [1.165, 1.54) is 121 Å². The number of benzene rings is 8. The maximum atomic E-state index is 17.5. The third kappa shape index (κ3) is 10.5. The zero-order chi connectivity index (χ0) is 58.8. The molecule has 0 bridgehead atoms. The van der Waals surface area contributed by atoms with E-state index in [-0.39, 0.29) is 22.3 Å². The largest absolute Gasteiger partial charge is 0.483 e. The van der Waals surface area contributed by atoms with Gasteiger partial charge in [-0.15, -0.1) is 0 Å². The topological polar surface area (TPSA) is 36.9 Å². The Morgan fingerprint density at radius 2 is 0.395 bits per heavy atom. The Balaban J connectivity index is 1.50. The number of rotatable bonds is 20. The van der Waals surface area contributed by atoms with Crippen LogP contribution < -0.4 is 18.9 Å². The first-order chi connectivity index (χ1) is 38.7. The molecule has 0 aliphatic heterocycles. The van der Waals surface area contributed by atoms with Gasteiger partial charge in [0.15, 0.2) is 69.5 Å². The highest BCUT2D eigenvalue weighted by Gasteiger charge is 2.58. The molecule has 0 amide bonds. The second-order valence-electron chi connectivity index (χ2n) is 17.5. The maximum Gasteiger partial charge on any atom is 0.204 e. The molecule has 0 N–H and O–H groups in total. The number of ether oxygens (including phenoxy) is 4. The van der Waals surface area contributed by atoms with Gasteiger partial charge in [0.1, 0.15) is 26.4 Å². The third-order valence-electron chi connectivity index (χ3n) is 12.8. The van der Waals surface area contributed by atoms with Gasteiger partial charge in [0.25, 0.3) is 0 Å². The molecule has 0 radical (unpaired) electrons. The van der Waals surface area contributed by atoms with Gasteiger partial charge in [-0.25, -0.2) is 35.1 Å². The van der Waals surface area contributed by atoms with Crippen molar-refractivity contribution in [2.75, 3.05) is 0 Å². The summed E-state index contributed by atoms with van der Waals surface area (Å²) in [4.78, 5) is 0. The van der Waals surface area contributed by atoms with Gasteiger partial charge in [0, 0.05) is 0 Å². The predicted octanol–water partition coefficient (Wildman–Crippen LogP) is 17.2. The minimum absolute atomic E-state index is 0.0258. The molecule has 8 aromatic carbocycles.